The van der Waals surface area contributed by atoms with Gasteiger partial charge in [0.25, 0.3) is 0 Å². The quantitative estimate of drug-likeness (QED) is 0.697. The fourth-order valence-corrected chi connectivity index (χ4v) is 2.19. The summed E-state index contributed by atoms with van der Waals surface area (Å²) < 4.78 is 5.65. The van der Waals surface area contributed by atoms with Gasteiger partial charge < -0.3 is 10.5 Å². The molecule has 3 nitrogen and oxygen atoms in total. The van der Waals surface area contributed by atoms with Gasteiger partial charge in [-0.15, -0.1) is 0 Å². The summed E-state index contributed by atoms with van der Waals surface area (Å²) in [4.78, 5) is 2.59. The van der Waals surface area contributed by atoms with Crippen LogP contribution in [-0.4, -0.2) is 43.3 Å². The molecule has 2 N–H and O–H groups in total. The van der Waals surface area contributed by atoms with Gasteiger partial charge in [0.05, 0.1) is 12.7 Å². The molecular weight excluding hydrogens is 164 g/mol. The third-order valence-electron chi connectivity index (χ3n) is 3.25. The van der Waals surface area contributed by atoms with Crippen molar-refractivity contribution in [3.63, 3.8) is 0 Å². The van der Waals surface area contributed by atoms with E-state index in [1.165, 1.54) is 19.3 Å². The van der Waals surface area contributed by atoms with Crippen molar-refractivity contribution in [2.75, 3.05) is 26.2 Å². The Hall–Kier alpha value is -0.120. The molecule has 3 heteroatoms. The van der Waals surface area contributed by atoms with E-state index in [1.807, 2.05) is 0 Å². The lowest BCUT2D eigenvalue weighted by molar-refractivity contribution is -0.0566. The van der Waals surface area contributed by atoms with Crippen molar-refractivity contribution in [2.45, 2.75) is 37.8 Å². The maximum absolute atomic E-state index is 5.65. The first-order valence-electron chi connectivity index (χ1n) is 5.46. The van der Waals surface area contributed by atoms with Gasteiger partial charge in [0.15, 0.2) is 0 Å². The Morgan fingerprint density at radius 1 is 1.38 bits per heavy atom. The summed E-state index contributed by atoms with van der Waals surface area (Å²) in [7, 11) is 0. The summed E-state index contributed by atoms with van der Waals surface area (Å²) in [5.74, 6) is 0. The van der Waals surface area contributed by atoms with Crippen LogP contribution in [-0.2, 0) is 4.74 Å². The van der Waals surface area contributed by atoms with Crippen molar-refractivity contribution in [1.82, 2.24) is 4.90 Å². The largest absolute Gasteiger partial charge is 0.376 e. The Balaban J connectivity index is 1.77. The number of morpholine rings is 1. The molecule has 1 atom stereocenters. The first-order valence-corrected chi connectivity index (χ1v) is 5.46. The van der Waals surface area contributed by atoms with E-state index in [4.69, 9.17) is 10.5 Å². The van der Waals surface area contributed by atoms with Crippen molar-refractivity contribution < 1.29 is 4.74 Å². The van der Waals surface area contributed by atoms with Crippen molar-refractivity contribution in [2.24, 2.45) is 5.73 Å². The molecule has 0 bridgehead atoms. The number of nitrogens with zero attached hydrogens (tertiary/aromatic N) is 1. The summed E-state index contributed by atoms with van der Waals surface area (Å²) in [6, 6.07) is 0.865. The van der Waals surface area contributed by atoms with Crippen LogP contribution in [0.3, 0.4) is 0 Å². The van der Waals surface area contributed by atoms with E-state index >= 15 is 0 Å². The number of ether oxygens (including phenoxy) is 1. The molecule has 0 radical (unpaired) electrons. The van der Waals surface area contributed by atoms with Crippen molar-refractivity contribution in [3.8, 4) is 0 Å². The average Bonchev–Trinajstić information content (AvgIpc) is 2.02. The predicted molar refractivity (Wildman–Crippen MR) is 52.6 cm³/mol. The molecule has 0 spiro atoms. The molecule has 0 aromatic heterocycles. The smallest absolute Gasteiger partial charge is 0.0714 e. The van der Waals surface area contributed by atoms with Gasteiger partial charge in [-0.1, -0.05) is 6.42 Å². The summed E-state index contributed by atoms with van der Waals surface area (Å²) in [5.41, 5.74) is 5.53. The molecule has 1 heterocycles. The van der Waals surface area contributed by atoms with E-state index < -0.39 is 0 Å². The van der Waals surface area contributed by atoms with Crippen LogP contribution in [0.1, 0.15) is 25.7 Å². The first kappa shape index (κ1) is 9.44. The maximum atomic E-state index is 5.65. The predicted octanol–water partition coefficient (Wildman–Crippen LogP) is 0.588. The zero-order valence-electron chi connectivity index (χ0n) is 8.24. The van der Waals surface area contributed by atoms with Crippen LogP contribution in [0.15, 0.2) is 0 Å². The fourth-order valence-electron chi connectivity index (χ4n) is 2.19. The normalized spacial score (nSPS) is 31.6. The Morgan fingerprint density at radius 2 is 2.23 bits per heavy atom. The van der Waals surface area contributed by atoms with Crippen LogP contribution < -0.4 is 5.73 Å². The molecular formula is C10H20N2O. The lowest BCUT2D eigenvalue weighted by Gasteiger charge is -2.42. The number of rotatable bonds is 3. The molecule has 0 amide bonds. The molecule has 13 heavy (non-hydrogen) atoms. The molecule has 1 aliphatic heterocycles. The number of nitrogens with two attached hydrogens (primary N) is 1. The second-order valence-corrected chi connectivity index (χ2v) is 4.15. The van der Waals surface area contributed by atoms with Crippen molar-refractivity contribution in [3.05, 3.63) is 0 Å². The fraction of sp³-hybridized carbons (Fsp3) is 1.00. The number of hydrogen-bond acceptors (Lipinski definition) is 3. The Kier molecular flexibility index (Phi) is 3.19. The standard InChI is InChI=1S/C10H20N2O/c11-5-4-10-8-12(6-7-13-10)9-2-1-3-9/h9-10H,1-8,11H2. The zero-order chi connectivity index (χ0) is 9.10. The van der Waals surface area contributed by atoms with Gasteiger partial charge in [-0.2, -0.15) is 0 Å². The van der Waals surface area contributed by atoms with Crippen LogP contribution in [0.4, 0.5) is 0 Å². The highest BCUT2D eigenvalue weighted by atomic mass is 16.5. The van der Waals surface area contributed by atoms with E-state index in [0.29, 0.717) is 6.10 Å². The van der Waals surface area contributed by atoms with Crippen molar-refractivity contribution in [1.29, 1.82) is 0 Å². The third-order valence-corrected chi connectivity index (χ3v) is 3.25. The second kappa shape index (κ2) is 4.40. The molecule has 1 aliphatic carbocycles. The highest BCUT2D eigenvalue weighted by molar-refractivity contribution is 4.83. The monoisotopic (exact) mass is 184 g/mol. The maximum Gasteiger partial charge on any atom is 0.0714 e. The van der Waals surface area contributed by atoms with Gasteiger partial charge >= 0.3 is 0 Å². The van der Waals surface area contributed by atoms with Crippen molar-refractivity contribution >= 4 is 0 Å². The van der Waals surface area contributed by atoms with Crippen LogP contribution in [0.2, 0.25) is 0 Å². The summed E-state index contributed by atoms with van der Waals surface area (Å²) >= 11 is 0. The number of hydrogen-bond donors (Lipinski definition) is 1. The molecule has 0 aromatic carbocycles. The van der Waals surface area contributed by atoms with Crippen LogP contribution in [0, 0.1) is 0 Å². The Bertz CT molecular complexity index is 157. The lowest BCUT2D eigenvalue weighted by Crippen LogP contribution is -2.50. The molecule has 1 saturated carbocycles. The highest BCUT2D eigenvalue weighted by Gasteiger charge is 2.29. The molecule has 1 unspecified atom stereocenters. The molecule has 2 aliphatic rings. The van der Waals surface area contributed by atoms with Gasteiger partial charge in [0.2, 0.25) is 0 Å². The lowest BCUT2D eigenvalue weighted by atomic mass is 9.91. The van der Waals surface area contributed by atoms with Gasteiger partial charge in [-0.25, -0.2) is 0 Å². The van der Waals surface area contributed by atoms with Crippen LogP contribution >= 0.6 is 0 Å². The van der Waals surface area contributed by atoms with E-state index in [-0.39, 0.29) is 0 Å². The second-order valence-electron chi connectivity index (χ2n) is 4.15. The van der Waals surface area contributed by atoms with E-state index in [2.05, 4.69) is 4.90 Å². The van der Waals surface area contributed by atoms with Gasteiger partial charge in [-0.3, -0.25) is 4.90 Å². The van der Waals surface area contributed by atoms with E-state index in [0.717, 1.165) is 38.7 Å². The first-order chi connectivity index (χ1) is 6.40. The van der Waals surface area contributed by atoms with Crippen LogP contribution in [0.25, 0.3) is 0 Å². The summed E-state index contributed by atoms with van der Waals surface area (Å²) in [6.45, 7) is 3.90. The minimum Gasteiger partial charge on any atom is -0.376 e. The average molecular weight is 184 g/mol. The Labute approximate surface area is 80.2 Å². The summed E-state index contributed by atoms with van der Waals surface area (Å²) in [6.07, 6.45) is 5.64. The zero-order valence-corrected chi connectivity index (χ0v) is 8.24. The summed E-state index contributed by atoms with van der Waals surface area (Å²) in [5, 5.41) is 0. The van der Waals surface area contributed by atoms with Crippen LogP contribution in [0.5, 0.6) is 0 Å². The van der Waals surface area contributed by atoms with E-state index in [9.17, 15) is 0 Å². The third kappa shape index (κ3) is 2.22. The van der Waals surface area contributed by atoms with Gasteiger partial charge in [0, 0.05) is 19.1 Å². The molecule has 76 valence electrons. The van der Waals surface area contributed by atoms with E-state index in [1.54, 1.807) is 0 Å². The van der Waals surface area contributed by atoms with Gasteiger partial charge in [-0.05, 0) is 25.8 Å². The topological polar surface area (TPSA) is 38.5 Å². The molecule has 2 rings (SSSR count). The minimum atomic E-state index is 0.402. The van der Waals surface area contributed by atoms with Gasteiger partial charge in [0.1, 0.15) is 0 Å². The SMILES string of the molecule is NCCC1CN(C2CCC2)CCO1. The molecule has 1 saturated heterocycles. The molecule has 2 fully saturated rings. The Morgan fingerprint density at radius 3 is 2.85 bits per heavy atom. The minimum absolute atomic E-state index is 0.402. The highest BCUT2D eigenvalue weighted by Crippen LogP contribution is 2.26. The molecule has 0 aromatic rings.